The maximum absolute atomic E-state index is 12.9. The molecule has 0 spiro atoms. The first kappa shape index (κ1) is 24.7. The number of amides is 1. The Morgan fingerprint density at radius 2 is 1.50 bits per heavy atom. The average molecular weight is 443 g/mol. The molecule has 0 saturated carbocycles. The lowest BCUT2D eigenvalue weighted by Crippen LogP contribution is -2.54. The Bertz CT molecular complexity index is 920. The fraction of sp³-hybridized carbons (Fsp3) is 0.375. The first-order valence-corrected chi connectivity index (χ1v) is 10.0. The van der Waals surface area contributed by atoms with Gasteiger partial charge in [-0.25, -0.2) is 9.59 Å². The second-order valence-corrected chi connectivity index (χ2v) is 8.08. The molecule has 1 N–H and O–H groups in total. The number of hydrogen-bond acceptors (Lipinski definition) is 7. The van der Waals surface area contributed by atoms with Crippen molar-refractivity contribution in [3.05, 3.63) is 65.7 Å². The number of methoxy groups -OCH3 is 2. The van der Waals surface area contributed by atoms with Gasteiger partial charge in [-0.15, -0.1) is 0 Å². The molecule has 2 aromatic carbocycles. The molecule has 172 valence electrons. The van der Waals surface area contributed by atoms with E-state index in [1.54, 1.807) is 45.0 Å². The minimum atomic E-state index is -1.85. The van der Waals surface area contributed by atoms with Gasteiger partial charge in [0, 0.05) is 0 Å². The monoisotopic (exact) mass is 443 g/mol. The molecule has 0 aliphatic heterocycles. The van der Waals surface area contributed by atoms with E-state index >= 15 is 0 Å². The van der Waals surface area contributed by atoms with E-state index in [0.29, 0.717) is 17.9 Å². The Kier molecular flexibility index (Phi) is 8.23. The number of benzene rings is 2. The van der Waals surface area contributed by atoms with E-state index in [9.17, 15) is 14.4 Å². The molecule has 2 rings (SSSR count). The topological polar surface area (TPSA) is 100 Å². The molecule has 0 aromatic heterocycles. The van der Waals surface area contributed by atoms with Crippen LogP contribution in [0.15, 0.2) is 54.6 Å². The van der Waals surface area contributed by atoms with Crippen molar-refractivity contribution >= 4 is 18.0 Å². The molecule has 0 heterocycles. The number of alkyl carbamates (subject to hydrolysis) is 1. The summed E-state index contributed by atoms with van der Waals surface area (Å²) in [6.07, 6.45) is -1.39. The van der Waals surface area contributed by atoms with Crippen LogP contribution < -0.4 is 10.1 Å². The number of nitrogens with one attached hydrogen (secondary N) is 1. The number of rotatable bonds is 8. The van der Waals surface area contributed by atoms with Crippen LogP contribution in [0.25, 0.3) is 0 Å². The Balaban J connectivity index is 2.35. The molecule has 8 heteroatoms. The zero-order valence-corrected chi connectivity index (χ0v) is 19.0. The van der Waals surface area contributed by atoms with Crippen molar-refractivity contribution in [1.29, 1.82) is 0 Å². The first-order chi connectivity index (χ1) is 15.1. The smallest absolute Gasteiger partial charge is 0.408 e. The summed E-state index contributed by atoms with van der Waals surface area (Å²) < 4.78 is 20.8. The number of esters is 2. The van der Waals surface area contributed by atoms with Crippen molar-refractivity contribution in [3.63, 3.8) is 0 Å². The third kappa shape index (κ3) is 6.73. The van der Waals surface area contributed by atoms with Gasteiger partial charge in [-0.2, -0.15) is 0 Å². The molecule has 1 atom stereocenters. The third-order valence-corrected chi connectivity index (χ3v) is 4.46. The zero-order valence-electron chi connectivity index (χ0n) is 19.0. The van der Waals surface area contributed by atoms with Crippen molar-refractivity contribution in [3.8, 4) is 5.75 Å². The Hall–Kier alpha value is -3.55. The normalized spacial score (nSPS) is 12.8. The van der Waals surface area contributed by atoms with E-state index < -0.39 is 35.6 Å². The van der Waals surface area contributed by atoms with Crippen molar-refractivity contribution in [2.75, 3.05) is 14.2 Å². The lowest BCUT2D eigenvalue weighted by molar-refractivity contribution is -0.163. The minimum Gasteiger partial charge on any atom is -0.489 e. The predicted octanol–water partition coefficient (Wildman–Crippen LogP) is 3.72. The summed E-state index contributed by atoms with van der Waals surface area (Å²) in [5, 5.41) is 2.46. The van der Waals surface area contributed by atoms with Crippen LogP contribution in [0.2, 0.25) is 0 Å². The highest BCUT2D eigenvalue weighted by molar-refractivity contribution is 5.91. The second kappa shape index (κ2) is 10.7. The van der Waals surface area contributed by atoms with Gasteiger partial charge in [0.05, 0.1) is 20.6 Å². The standard InChI is InChI=1S/C24H29NO7/c1-23(2,3)32-20(26)15-24(21(27)29-4,25-22(28)30-5)18-11-13-19(14-12-18)31-16-17-9-7-6-8-10-17/h6-14H,15-16H2,1-5H3,(H,25,28)/t24-/m0/s1. The highest BCUT2D eigenvalue weighted by Crippen LogP contribution is 2.30. The molecular formula is C24H29NO7. The molecule has 2 aromatic rings. The SMILES string of the molecule is COC(=O)N[C@](CC(=O)OC(C)(C)C)(C(=O)OC)c1ccc(OCc2ccccc2)cc1. The quantitative estimate of drug-likeness (QED) is 0.490. The molecule has 8 nitrogen and oxygen atoms in total. The van der Waals surface area contributed by atoms with Gasteiger partial charge in [0.15, 0.2) is 5.54 Å². The van der Waals surface area contributed by atoms with Crippen LogP contribution >= 0.6 is 0 Å². The van der Waals surface area contributed by atoms with Gasteiger partial charge in [-0.3, -0.25) is 4.79 Å². The highest BCUT2D eigenvalue weighted by atomic mass is 16.6. The molecule has 1 amide bonds. The van der Waals surface area contributed by atoms with Crippen molar-refractivity contribution in [2.24, 2.45) is 0 Å². The van der Waals surface area contributed by atoms with Crippen LogP contribution in [0.3, 0.4) is 0 Å². The summed E-state index contributed by atoms with van der Waals surface area (Å²) in [4.78, 5) is 37.6. The average Bonchev–Trinajstić information content (AvgIpc) is 2.76. The summed E-state index contributed by atoms with van der Waals surface area (Å²) in [6.45, 7) is 5.48. The summed E-state index contributed by atoms with van der Waals surface area (Å²) in [7, 11) is 2.33. The van der Waals surface area contributed by atoms with E-state index in [1.165, 1.54) is 7.11 Å². The van der Waals surface area contributed by atoms with Gasteiger partial charge in [0.2, 0.25) is 0 Å². The van der Waals surface area contributed by atoms with Crippen molar-refractivity contribution < 1.29 is 33.3 Å². The molecule has 0 aliphatic rings. The molecule has 32 heavy (non-hydrogen) atoms. The van der Waals surface area contributed by atoms with Crippen molar-refractivity contribution in [1.82, 2.24) is 5.32 Å². The lowest BCUT2D eigenvalue weighted by Gasteiger charge is -2.32. The van der Waals surface area contributed by atoms with E-state index in [4.69, 9.17) is 14.2 Å². The Labute approximate surface area is 187 Å². The molecule has 0 aliphatic carbocycles. The summed E-state index contributed by atoms with van der Waals surface area (Å²) in [5.74, 6) is -0.984. The number of hydrogen-bond donors (Lipinski definition) is 1. The maximum atomic E-state index is 12.9. The largest absolute Gasteiger partial charge is 0.489 e. The van der Waals surface area contributed by atoms with Gasteiger partial charge in [0.1, 0.15) is 18.0 Å². The van der Waals surface area contributed by atoms with E-state index in [1.807, 2.05) is 30.3 Å². The molecule has 0 radical (unpaired) electrons. The molecule has 0 fully saturated rings. The third-order valence-electron chi connectivity index (χ3n) is 4.46. The fourth-order valence-electron chi connectivity index (χ4n) is 3.03. The van der Waals surface area contributed by atoms with Gasteiger partial charge in [-0.1, -0.05) is 42.5 Å². The summed E-state index contributed by atoms with van der Waals surface area (Å²) in [6, 6.07) is 16.1. The number of ether oxygens (including phenoxy) is 4. The maximum Gasteiger partial charge on any atom is 0.408 e. The van der Waals surface area contributed by atoms with E-state index in [-0.39, 0.29) is 0 Å². The summed E-state index contributed by atoms with van der Waals surface area (Å²) in [5.41, 5.74) is -1.31. The summed E-state index contributed by atoms with van der Waals surface area (Å²) >= 11 is 0. The molecule has 0 saturated heterocycles. The van der Waals surface area contributed by atoms with Gasteiger partial charge in [-0.05, 0) is 44.0 Å². The molecule has 0 unspecified atom stereocenters. The molecule has 0 bridgehead atoms. The molecular weight excluding hydrogens is 414 g/mol. The second-order valence-electron chi connectivity index (χ2n) is 8.08. The van der Waals surface area contributed by atoms with Crippen LogP contribution in [-0.2, 0) is 35.9 Å². The Morgan fingerprint density at radius 1 is 0.875 bits per heavy atom. The zero-order chi connectivity index (χ0) is 23.8. The van der Waals surface area contributed by atoms with E-state index in [2.05, 4.69) is 10.1 Å². The van der Waals surface area contributed by atoms with Crippen LogP contribution in [0, 0.1) is 0 Å². The highest BCUT2D eigenvalue weighted by Gasteiger charge is 2.46. The van der Waals surface area contributed by atoms with Gasteiger partial charge in [0.25, 0.3) is 0 Å². The van der Waals surface area contributed by atoms with Crippen LogP contribution in [-0.4, -0.2) is 37.9 Å². The van der Waals surface area contributed by atoms with Gasteiger partial charge < -0.3 is 24.3 Å². The fourth-order valence-corrected chi connectivity index (χ4v) is 3.03. The lowest BCUT2D eigenvalue weighted by atomic mass is 9.86. The minimum absolute atomic E-state index is 0.313. The number of carbonyl (C=O) groups excluding carboxylic acids is 3. The van der Waals surface area contributed by atoms with Crippen LogP contribution in [0.1, 0.15) is 38.3 Å². The van der Waals surface area contributed by atoms with Crippen LogP contribution in [0.5, 0.6) is 5.75 Å². The Morgan fingerprint density at radius 3 is 2.03 bits per heavy atom. The van der Waals surface area contributed by atoms with E-state index in [0.717, 1.165) is 12.7 Å². The van der Waals surface area contributed by atoms with Crippen LogP contribution in [0.4, 0.5) is 4.79 Å². The van der Waals surface area contributed by atoms with Crippen molar-refractivity contribution in [2.45, 2.75) is 44.9 Å². The number of carbonyl (C=O) groups is 3. The first-order valence-electron chi connectivity index (χ1n) is 10.0. The van der Waals surface area contributed by atoms with Gasteiger partial charge >= 0.3 is 18.0 Å². The predicted molar refractivity (Wildman–Crippen MR) is 117 cm³/mol.